The van der Waals surface area contributed by atoms with Crippen LogP contribution >= 0.6 is 0 Å². The van der Waals surface area contributed by atoms with Gasteiger partial charge in [-0.1, -0.05) is 12.1 Å². The number of anilines is 1. The van der Waals surface area contributed by atoms with Crippen LogP contribution in [0.1, 0.15) is 17.2 Å². The van der Waals surface area contributed by atoms with Gasteiger partial charge in [-0.05, 0) is 41.5 Å². The summed E-state index contributed by atoms with van der Waals surface area (Å²) < 4.78 is 13.8. The molecule has 0 spiro atoms. The van der Waals surface area contributed by atoms with Crippen LogP contribution in [-0.2, 0) is 0 Å². The maximum absolute atomic E-state index is 13.8. The summed E-state index contributed by atoms with van der Waals surface area (Å²) in [5.74, 6) is 0.536. The van der Waals surface area contributed by atoms with Gasteiger partial charge in [0.2, 0.25) is 0 Å². The molecular weight excluding hydrogens is 303 g/mol. The van der Waals surface area contributed by atoms with Gasteiger partial charge in [-0.2, -0.15) is 0 Å². The number of fused-ring (bicyclic) bond motifs is 2. The second-order valence-electron chi connectivity index (χ2n) is 5.86. The number of nitrogens with one attached hydrogen (secondary N) is 2. The van der Waals surface area contributed by atoms with Crippen LogP contribution in [0.5, 0.6) is 0 Å². The van der Waals surface area contributed by atoms with Crippen molar-refractivity contribution in [3.63, 3.8) is 0 Å². The van der Waals surface area contributed by atoms with E-state index in [0.717, 1.165) is 39.1 Å². The maximum atomic E-state index is 13.8. The zero-order chi connectivity index (χ0) is 16.1. The van der Waals surface area contributed by atoms with Gasteiger partial charge in [0, 0.05) is 35.1 Å². The molecule has 1 atom stereocenters. The van der Waals surface area contributed by atoms with E-state index >= 15 is 0 Å². The largest absolute Gasteiger partial charge is 0.359 e. The third-order valence-electron chi connectivity index (χ3n) is 4.48. The van der Waals surface area contributed by atoms with E-state index in [1.54, 1.807) is 24.5 Å². The highest BCUT2D eigenvalue weighted by molar-refractivity contribution is 6.00. The van der Waals surface area contributed by atoms with Gasteiger partial charge in [0.25, 0.3) is 0 Å². The lowest BCUT2D eigenvalue weighted by Crippen LogP contribution is -2.12. The summed E-state index contributed by atoms with van der Waals surface area (Å²) in [7, 11) is 0. The van der Waals surface area contributed by atoms with Crippen molar-refractivity contribution in [2.75, 3.05) is 5.32 Å². The summed E-state index contributed by atoms with van der Waals surface area (Å²) >= 11 is 0. The molecule has 2 N–H and O–H groups in total. The Labute approximate surface area is 137 Å². The van der Waals surface area contributed by atoms with Gasteiger partial charge in [0.15, 0.2) is 0 Å². The molecule has 1 aliphatic rings. The highest BCUT2D eigenvalue weighted by atomic mass is 19.1. The van der Waals surface area contributed by atoms with Crippen LogP contribution in [0.2, 0.25) is 0 Å². The zero-order valence-corrected chi connectivity index (χ0v) is 12.6. The van der Waals surface area contributed by atoms with E-state index in [-0.39, 0.29) is 11.9 Å². The van der Waals surface area contributed by atoms with E-state index in [0.29, 0.717) is 0 Å². The minimum atomic E-state index is -0.252. The number of H-pyrrole nitrogens is 1. The second kappa shape index (κ2) is 4.89. The van der Waals surface area contributed by atoms with Crippen molar-refractivity contribution in [3.8, 4) is 11.1 Å². The van der Waals surface area contributed by atoms with Crippen LogP contribution in [0.15, 0.2) is 61.1 Å². The van der Waals surface area contributed by atoms with Gasteiger partial charge in [-0.15, -0.1) is 0 Å². The minimum absolute atomic E-state index is 0.200. The van der Waals surface area contributed by atoms with Crippen LogP contribution in [0.4, 0.5) is 10.2 Å². The van der Waals surface area contributed by atoms with Gasteiger partial charge in [-0.3, -0.25) is 0 Å². The molecular formula is C19H13FN4. The molecule has 3 aromatic heterocycles. The fraction of sp³-hybridized carbons (Fsp3) is 0.0526. The fourth-order valence-corrected chi connectivity index (χ4v) is 3.44. The van der Waals surface area contributed by atoms with E-state index < -0.39 is 0 Å². The second-order valence-corrected chi connectivity index (χ2v) is 5.86. The lowest BCUT2D eigenvalue weighted by molar-refractivity contribution is 0.624. The van der Waals surface area contributed by atoms with Crippen LogP contribution in [0.25, 0.3) is 22.2 Å². The quantitative estimate of drug-likeness (QED) is 0.551. The number of nitrogens with zero attached hydrogens (tertiary/aromatic N) is 2. The number of aromatic nitrogens is 3. The normalized spacial score (nSPS) is 15.6. The molecule has 0 aliphatic carbocycles. The molecule has 0 fully saturated rings. The highest BCUT2D eigenvalue weighted by Crippen LogP contribution is 2.42. The van der Waals surface area contributed by atoms with Crippen molar-refractivity contribution in [2.24, 2.45) is 0 Å². The van der Waals surface area contributed by atoms with E-state index in [4.69, 9.17) is 0 Å². The zero-order valence-electron chi connectivity index (χ0n) is 12.6. The molecule has 116 valence electrons. The Morgan fingerprint density at radius 2 is 1.92 bits per heavy atom. The number of hydrogen-bond donors (Lipinski definition) is 2. The topological polar surface area (TPSA) is 53.6 Å². The molecule has 0 saturated heterocycles. The molecule has 4 nitrogen and oxygen atoms in total. The standard InChI is InChI=1S/C19H13FN4/c20-12-4-1-3-11(9-12)17-15-10-23-19-16(15)13(6-8-22-19)14-5-2-7-21-18(14)24-17/h1-10,17H,(H,21,24)(H,22,23). The van der Waals surface area contributed by atoms with Crippen molar-refractivity contribution in [1.82, 2.24) is 15.0 Å². The van der Waals surface area contributed by atoms with Crippen LogP contribution in [0.3, 0.4) is 0 Å². The Bertz CT molecular complexity index is 1070. The van der Waals surface area contributed by atoms with Crippen molar-refractivity contribution in [3.05, 3.63) is 78.0 Å². The summed E-state index contributed by atoms with van der Waals surface area (Å²) in [5, 5.41) is 4.52. The Hall–Kier alpha value is -3.21. The summed E-state index contributed by atoms with van der Waals surface area (Å²) in [4.78, 5) is 12.1. The molecule has 5 rings (SSSR count). The average Bonchev–Trinajstić information content (AvgIpc) is 2.97. The monoisotopic (exact) mass is 316 g/mol. The van der Waals surface area contributed by atoms with Crippen LogP contribution < -0.4 is 5.32 Å². The SMILES string of the molecule is Fc1cccc(C2Nc3ncccc3-c3ccnc4[nH]cc2c34)c1. The number of hydrogen-bond acceptors (Lipinski definition) is 3. The lowest BCUT2D eigenvalue weighted by atomic mass is 9.97. The molecule has 0 saturated carbocycles. The summed E-state index contributed by atoms with van der Waals surface area (Å²) in [6.45, 7) is 0. The highest BCUT2D eigenvalue weighted by Gasteiger charge is 2.26. The molecule has 5 heteroatoms. The molecule has 1 aliphatic heterocycles. The molecule has 0 amide bonds. The van der Waals surface area contributed by atoms with Gasteiger partial charge >= 0.3 is 0 Å². The van der Waals surface area contributed by atoms with Gasteiger partial charge in [0.05, 0.1) is 6.04 Å². The summed E-state index contributed by atoms with van der Waals surface area (Å²) in [5.41, 5.74) is 4.80. The Morgan fingerprint density at radius 1 is 0.958 bits per heavy atom. The van der Waals surface area contributed by atoms with Crippen LogP contribution in [0, 0.1) is 5.82 Å². The fourth-order valence-electron chi connectivity index (χ4n) is 3.44. The molecule has 0 radical (unpaired) electrons. The average molecular weight is 316 g/mol. The van der Waals surface area contributed by atoms with Gasteiger partial charge in [0.1, 0.15) is 17.3 Å². The first-order valence-electron chi connectivity index (χ1n) is 7.74. The maximum Gasteiger partial charge on any atom is 0.138 e. The lowest BCUT2D eigenvalue weighted by Gasteiger charge is -2.18. The van der Waals surface area contributed by atoms with E-state index in [1.165, 1.54) is 6.07 Å². The van der Waals surface area contributed by atoms with Gasteiger partial charge < -0.3 is 10.3 Å². The first kappa shape index (κ1) is 13.2. The van der Waals surface area contributed by atoms with Crippen molar-refractivity contribution in [2.45, 2.75) is 6.04 Å². The number of benzene rings is 1. The summed E-state index contributed by atoms with van der Waals surface area (Å²) in [6.07, 6.45) is 5.49. The van der Waals surface area contributed by atoms with E-state index in [1.807, 2.05) is 30.5 Å². The molecule has 1 aromatic carbocycles. The third-order valence-corrected chi connectivity index (χ3v) is 4.48. The smallest absolute Gasteiger partial charge is 0.138 e. The predicted molar refractivity (Wildman–Crippen MR) is 91.2 cm³/mol. The third kappa shape index (κ3) is 1.84. The molecule has 24 heavy (non-hydrogen) atoms. The number of halogens is 1. The Balaban J connectivity index is 1.85. The van der Waals surface area contributed by atoms with Crippen LogP contribution in [-0.4, -0.2) is 15.0 Å². The number of pyridine rings is 2. The number of rotatable bonds is 1. The molecule has 1 unspecified atom stereocenters. The summed E-state index contributed by atoms with van der Waals surface area (Å²) in [6, 6.07) is 12.4. The van der Waals surface area contributed by atoms with Crippen molar-refractivity contribution >= 4 is 16.9 Å². The Kier molecular flexibility index (Phi) is 2.70. The van der Waals surface area contributed by atoms with E-state index in [9.17, 15) is 4.39 Å². The van der Waals surface area contributed by atoms with Gasteiger partial charge in [-0.25, -0.2) is 14.4 Å². The molecule has 0 bridgehead atoms. The first-order valence-corrected chi connectivity index (χ1v) is 7.74. The van der Waals surface area contributed by atoms with Crippen molar-refractivity contribution in [1.29, 1.82) is 0 Å². The molecule has 4 aromatic rings. The Morgan fingerprint density at radius 3 is 2.83 bits per heavy atom. The van der Waals surface area contributed by atoms with E-state index in [2.05, 4.69) is 20.3 Å². The number of aromatic amines is 1. The van der Waals surface area contributed by atoms with Crippen molar-refractivity contribution < 1.29 is 4.39 Å². The first-order chi connectivity index (χ1) is 11.8. The predicted octanol–water partition coefficient (Wildman–Crippen LogP) is 4.28. The molecule has 4 heterocycles. The minimum Gasteiger partial charge on any atom is -0.359 e.